The number of aryl methyl sites for hydroxylation is 1. The van der Waals surface area contributed by atoms with Gasteiger partial charge in [-0.1, -0.05) is 11.6 Å². The van der Waals surface area contributed by atoms with Gasteiger partial charge in [0.2, 0.25) is 0 Å². The van der Waals surface area contributed by atoms with E-state index in [1.807, 2.05) is 12.3 Å². The third-order valence-electron chi connectivity index (χ3n) is 2.25. The molecule has 0 aliphatic carbocycles. The Morgan fingerprint density at radius 3 is 3.00 bits per heavy atom. The summed E-state index contributed by atoms with van der Waals surface area (Å²) in [7, 11) is 0. The van der Waals surface area contributed by atoms with E-state index in [1.54, 1.807) is 12.1 Å². The van der Waals surface area contributed by atoms with Gasteiger partial charge in [0.05, 0.1) is 16.3 Å². The molecular weight excluding hydrogens is 272 g/mol. The van der Waals surface area contributed by atoms with E-state index in [0.29, 0.717) is 10.7 Å². The Morgan fingerprint density at radius 1 is 1.56 bits per heavy atom. The molecule has 0 saturated heterocycles. The van der Waals surface area contributed by atoms with Gasteiger partial charge >= 0.3 is 5.97 Å². The minimum absolute atomic E-state index is 0.134. The molecule has 0 fully saturated rings. The predicted octanol–water partition coefficient (Wildman–Crippen LogP) is 3.04. The first-order valence-electron chi connectivity index (χ1n) is 5.19. The van der Waals surface area contributed by atoms with Gasteiger partial charge in [0.1, 0.15) is 6.61 Å². The van der Waals surface area contributed by atoms with Crippen LogP contribution in [0, 0.1) is 6.92 Å². The minimum Gasteiger partial charge on any atom is -0.455 e. The number of anilines is 1. The summed E-state index contributed by atoms with van der Waals surface area (Å²) in [4.78, 5) is 16.0. The maximum Gasteiger partial charge on any atom is 0.340 e. The summed E-state index contributed by atoms with van der Waals surface area (Å²) in [6.45, 7) is 2.03. The van der Waals surface area contributed by atoms with E-state index in [1.165, 1.54) is 17.4 Å². The molecule has 1 heterocycles. The average molecular weight is 283 g/mol. The second-order valence-electron chi connectivity index (χ2n) is 3.67. The van der Waals surface area contributed by atoms with Crippen LogP contribution in [0.3, 0.4) is 0 Å². The molecule has 0 saturated carbocycles. The number of nitrogens with two attached hydrogens (primary N) is 1. The normalized spacial score (nSPS) is 10.3. The lowest BCUT2D eigenvalue weighted by molar-refractivity contribution is 0.0469. The van der Waals surface area contributed by atoms with Gasteiger partial charge in [-0.2, -0.15) is 0 Å². The second-order valence-corrected chi connectivity index (χ2v) is 5.16. The van der Waals surface area contributed by atoms with Gasteiger partial charge in [-0.15, -0.1) is 11.3 Å². The molecule has 18 heavy (non-hydrogen) atoms. The van der Waals surface area contributed by atoms with Crippen molar-refractivity contribution in [2.45, 2.75) is 13.5 Å². The Morgan fingerprint density at radius 2 is 2.33 bits per heavy atom. The van der Waals surface area contributed by atoms with Crippen LogP contribution in [0.1, 0.15) is 21.1 Å². The fourth-order valence-electron chi connectivity index (χ4n) is 1.40. The SMILES string of the molecule is Cc1nc(COC(=O)c2cc(Cl)ccc2N)cs1. The van der Waals surface area contributed by atoms with Gasteiger partial charge < -0.3 is 10.5 Å². The zero-order valence-corrected chi connectivity index (χ0v) is 11.2. The van der Waals surface area contributed by atoms with E-state index in [0.717, 1.165) is 10.7 Å². The number of hydrogen-bond acceptors (Lipinski definition) is 5. The van der Waals surface area contributed by atoms with E-state index in [9.17, 15) is 4.79 Å². The Kier molecular flexibility index (Phi) is 3.84. The number of aromatic nitrogens is 1. The highest BCUT2D eigenvalue weighted by atomic mass is 35.5. The van der Waals surface area contributed by atoms with Crippen LogP contribution in [0.4, 0.5) is 5.69 Å². The number of esters is 1. The zero-order valence-electron chi connectivity index (χ0n) is 9.64. The molecule has 0 amide bonds. The van der Waals surface area contributed by atoms with Crippen LogP contribution in [0.25, 0.3) is 0 Å². The highest BCUT2D eigenvalue weighted by Crippen LogP contribution is 2.19. The maximum absolute atomic E-state index is 11.8. The summed E-state index contributed by atoms with van der Waals surface area (Å²) in [6, 6.07) is 4.69. The van der Waals surface area contributed by atoms with Crippen LogP contribution >= 0.6 is 22.9 Å². The lowest BCUT2D eigenvalue weighted by Gasteiger charge is -2.06. The molecular formula is C12H11ClN2O2S. The number of ether oxygens (including phenoxy) is 1. The van der Waals surface area contributed by atoms with Gasteiger partial charge in [0, 0.05) is 16.1 Å². The smallest absolute Gasteiger partial charge is 0.340 e. The molecule has 0 spiro atoms. The second kappa shape index (κ2) is 5.37. The van der Waals surface area contributed by atoms with Gasteiger partial charge in [0.15, 0.2) is 0 Å². The maximum atomic E-state index is 11.8. The van der Waals surface area contributed by atoms with Crippen molar-refractivity contribution in [3.63, 3.8) is 0 Å². The van der Waals surface area contributed by atoms with E-state index in [4.69, 9.17) is 22.1 Å². The van der Waals surface area contributed by atoms with E-state index in [2.05, 4.69) is 4.98 Å². The number of rotatable bonds is 3. The van der Waals surface area contributed by atoms with Crippen molar-refractivity contribution < 1.29 is 9.53 Å². The van der Waals surface area contributed by atoms with E-state index >= 15 is 0 Å². The number of benzene rings is 1. The number of nitrogens with zero attached hydrogens (tertiary/aromatic N) is 1. The van der Waals surface area contributed by atoms with Gasteiger partial charge in [0.25, 0.3) is 0 Å². The number of halogens is 1. The van der Waals surface area contributed by atoms with Gasteiger partial charge in [-0.25, -0.2) is 9.78 Å². The highest BCUT2D eigenvalue weighted by Gasteiger charge is 2.12. The summed E-state index contributed by atoms with van der Waals surface area (Å²) in [6.07, 6.45) is 0. The molecule has 1 aromatic carbocycles. The van der Waals surface area contributed by atoms with Crippen molar-refractivity contribution in [1.82, 2.24) is 4.98 Å². The summed E-state index contributed by atoms with van der Waals surface area (Å²) in [5.41, 5.74) is 7.04. The number of thiazole rings is 1. The number of hydrogen-bond donors (Lipinski definition) is 1. The molecule has 6 heteroatoms. The summed E-state index contributed by atoms with van der Waals surface area (Å²) in [5.74, 6) is -0.499. The van der Waals surface area contributed by atoms with Crippen molar-refractivity contribution in [2.24, 2.45) is 0 Å². The number of nitrogen functional groups attached to an aromatic ring is 1. The third kappa shape index (κ3) is 3.00. The van der Waals surface area contributed by atoms with E-state index in [-0.39, 0.29) is 12.2 Å². The summed E-state index contributed by atoms with van der Waals surface area (Å²) in [5, 5.41) is 3.23. The Bertz CT molecular complexity index is 583. The molecule has 0 unspecified atom stereocenters. The van der Waals surface area contributed by atoms with Crippen molar-refractivity contribution in [1.29, 1.82) is 0 Å². The summed E-state index contributed by atoms with van der Waals surface area (Å²) < 4.78 is 5.13. The number of carbonyl (C=O) groups excluding carboxylic acids is 1. The quantitative estimate of drug-likeness (QED) is 0.694. The monoisotopic (exact) mass is 282 g/mol. The lowest BCUT2D eigenvalue weighted by atomic mass is 10.2. The fourth-order valence-corrected chi connectivity index (χ4v) is 2.17. The molecule has 4 nitrogen and oxygen atoms in total. The number of carbonyl (C=O) groups is 1. The average Bonchev–Trinajstić information content (AvgIpc) is 2.75. The first-order valence-corrected chi connectivity index (χ1v) is 6.45. The molecule has 0 bridgehead atoms. The van der Waals surface area contributed by atoms with Crippen LogP contribution in [0.5, 0.6) is 0 Å². The van der Waals surface area contributed by atoms with E-state index < -0.39 is 5.97 Å². The molecule has 0 atom stereocenters. The Labute approximate surface area is 113 Å². The van der Waals surface area contributed by atoms with Crippen LogP contribution in [0.2, 0.25) is 5.02 Å². The molecule has 1 aromatic heterocycles. The van der Waals surface area contributed by atoms with Crippen molar-refractivity contribution in [2.75, 3.05) is 5.73 Å². The van der Waals surface area contributed by atoms with Crippen LogP contribution in [-0.2, 0) is 11.3 Å². The van der Waals surface area contributed by atoms with Crippen LogP contribution in [0.15, 0.2) is 23.6 Å². The molecule has 2 N–H and O–H groups in total. The van der Waals surface area contributed by atoms with Gasteiger partial charge in [-0.3, -0.25) is 0 Å². The highest BCUT2D eigenvalue weighted by molar-refractivity contribution is 7.09. The van der Waals surface area contributed by atoms with Crippen molar-refractivity contribution >= 4 is 34.6 Å². The van der Waals surface area contributed by atoms with Crippen LogP contribution in [-0.4, -0.2) is 11.0 Å². The Balaban J connectivity index is 2.05. The molecule has 0 radical (unpaired) electrons. The van der Waals surface area contributed by atoms with Crippen molar-refractivity contribution in [3.8, 4) is 0 Å². The third-order valence-corrected chi connectivity index (χ3v) is 3.31. The fraction of sp³-hybridized carbons (Fsp3) is 0.167. The largest absolute Gasteiger partial charge is 0.455 e. The van der Waals surface area contributed by atoms with Crippen LogP contribution < -0.4 is 5.73 Å². The zero-order chi connectivity index (χ0) is 13.1. The first kappa shape index (κ1) is 12.9. The lowest BCUT2D eigenvalue weighted by Crippen LogP contribution is -2.08. The topological polar surface area (TPSA) is 65.2 Å². The molecule has 94 valence electrons. The molecule has 0 aliphatic rings. The molecule has 2 rings (SSSR count). The Hall–Kier alpha value is -1.59. The van der Waals surface area contributed by atoms with Gasteiger partial charge in [-0.05, 0) is 25.1 Å². The standard InChI is InChI=1S/C12H11ClN2O2S/c1-7-15-9(6-18-7)5-17-12(16)10-4-8(13)2-3-11(10)14/h2-4,6H,5,14H2,1H3. The van der Waals surface area contributed by atoms with Crippen molar-refractivity contribution in [3.05, 3.63) is 44.9 Å². The molecule has 2 aromatic rings. The summed E-state index contributed by atoms with van der Waals surface area (Å²) >= 11 is 7.32. The minimum atomic E-state index is -0.499. The first-order chi connectivity index (χ1) is 8.56. The molecule has 0 aliphatic heterocycles. The predicted molar refractivity (Wildman–Crippen MR) is 71.8 cm³/mol.